The summed E-state index contributed by atoms with van der Waals surface area (Å²) >= 11 is 0. The van der Waals surface area contributed by atoms with E-state index in [0.29, 0.717) is 0 Å². The SMILES string of the molecule is N[C@@H](COC1[C@@H](O)[C@H](O)C(O)[C@H](O)[C@H]1O)C(=O)NCCCS(=O)(=O)O. The summed E-state index contributed by atoms with van der Waals surface area (Å²) < 4.78 is 34.7. The molecule has 9 N–H and O–H groups in total. The molecule has 1 aliphatic carbocycles. The lowest BCUT2D eigenvalue weighted by Gasteiger charge is -2.41. The van der Waals surface area contributed by atoms with Crippen LogP contribution in [-0.4, -0.2) is 106 Å². The normalized spacial score (nSPS) is 34.5. The Morgan fingerprint density at radius 1 is 1.04 bits per heavy atom. The maximum atomic E-state index is 11.7. The number of ether oxygens (including phenoxy) is 1. The number of nitrogens with one attached hydrogen (secondary N) is 1. The van der Waals surface area contributed by atoms with E-state index < -0.39 is 71.1 Å². The van der Waals surface area contributed by atoms with Gasteiger partial charge in [-0.1, -0.05) is 0 Å². The molecule has 0 radical (unpaired) electrons. The summed E-state index contributed by atoms with van der Waals surface area (Å²) in [6.45, 7) is -0.553. The van der Waals surface area contributed by atoms with Crippen molar-refractivity contribution in [2.75, 3.05) is 18.9 Å². The molecule has 1 rings (SSSR count). The Hall–Kier alpha value is -0.900. The Kier molecular flexibility index (Phi) is 8.11. The fraction of sp³-hybridized carbons (Fsp3) is 0.917. The minimum Gasteiger partial charge on any atom is -0.387 e. The first kappa shape index (κ1) is 22.1. The number of aliphatic hydroxyl groups excluding tert-OH is 5. The lowest BCUT2D eigenvalue weighted by Crippen LogP contribution is -2.64. The molecule has 0 heterocycles. The molecule has 7 atom stereocenters. The molecule has 12 nitrogen and oxygen atoms in total. The van der Waals surface area contributed by atoms with Crippen LogP contribution in [0.2, 0.25) is 0 Å². The predicted octanol–water partition coefficient (Wildman–Crippen LogP) is -5.09. The van der Waals surface area contributed by atoms with Crippen LogP contribution in [0.4, 0.5) is 0 Å². The quantitative estimate of drug-likeness (QED) is 0.145. The second-order valence-electron chi connectivity index (χ2n) is 5.79. The first-order valence-corrected chi connectivity index (χ1v) is 9.07. The molecule has 1 saturated carbocycles. The number of nitrogens with two attached hydrogens (primary N) is 1. The van der Waals surface area contributed by atoms with E-state index in [9.17, 15) is 38.7 Å². The Bertz CT molecular complexity index is 528. The van der Waals surface area contributed by atoms with Crippen LogP contribution in [-0.2, 0) is 19.6 Å². The molecule has 0 spiro atoms. The minimum absolute atomic E-state index is 0.0333. The van der Waals surface area contributed by atoms with Crippen LogP contribution in [0.15, 0.2) is 0 Å². The van der Waals surface area contributed by atoms with Crippen LogP contribution in [0.5, 0.6) is 0 Å². The summed E-state index contributed by atoms with van der Waals surface area (Å²) in [7, 11) is -4.12. The number of aliphatic hydroxyl groups is 5. The van der Waals surface area contributed by atoms with E-state index in [0.717, 1.165) is 0 Å². The third kappa shape index (κ3) is 6.40. The molecular formula is C12H24N2O10S. The molecule has 13 heteroatoms. The van der Waals surface area contributed by atoms with Gasteiger partial charge in [-0.15, -0.1) is 0 Å². The molecule has 1 aliphatic rings. The summed E-state index contributed by atoms with van der Waals surface area (Å²) in [4.78, 5) is 11.7. The van der Waals surface area contributed by atoms with Crippen LogP contribution >= 0.6 is 0 Å². The monoisotopic (exact) mass is 388 g/mol. The highest BCUT2D eigenvalue weighted by Crippen LogP contribution is 2.23. The van der Waals surface area contributed by atoms with E-state index in [-0.39, 0.29) is 13.0 Å². The third-order valence-electron chi connectivity index (χ3n) is 3.76. The van der Waals surface area contributed by atoms with Gasteiger partial charge in [0.25, 0.3) is 10.1 Å². The maximum absolute atomic E-state index is 11.7. The van der Waals surface area contributed by atoms with Crippen molar-refractivity contribution in [2.45, 2.75) is 49.1 Å². The molecule has 0 aromatic heterocycles. The summed E-state index contributed by atoms with van der Waals surface area (Å²) in [6.07, 6.45) is -10.2. The van der Waals surface area contributed by atoms with Gasteiger partial charge >= 0.3 is 0 Å². The maximum Gasteiger partial charge on any atom is 0.264 e. The molecule has 0 aromatic carbocycles. The van der Waals surface area contributed by atoms with Crippen molar-refractivity contribution < 1.29 is 48.0 Å². The van der Waals surface area contributed by atoms with E-state index in [4.69, 9.17) is 15.0 Å². The molecule has 148 valence electrons. The third-order valence-corrected chi connectivity index (χ3v) is 4.56. The van der Waals surface area contributed by atoms with E-state index in [2.05, 4.69) is 5.32 Å². The van der Waals surface area contributed by atoms with Gasteiger partial charge in [0, 0.05) is 6.54 Å². The van der Waals surface area contributed by atoms with E-state index in [1.54, 1.807) is 0 Å². The number of carbonyl (C=O) groups is 1. The highest BCUT2D eigenvalue weighted by Gasteiger charge is 2.49. The highest BCUT2D eigenvalue weighted by molar-refractivity contribution is 7.85. The minimum atomic E-state index is -4.12. The molecule has 0 bridgehead atoms. The lowest BCUT2D eigenvalue weighted by atomic mass is 9.85. The van der Waals surface area contributed by atoms with Gasteiger partial charge in [0.05, 0.1) is 12.4 Å². The molecule has 0 saturated heterocycles. The Balaban J connectivity index is 2.44. The average molecular weight is 388 g/mol. The van der Waals surface area contributed by atoms with Crippen molar-refractivity contribution in [3.05, 3.63) is 0 Å². The van der Waals surface area contributed by atoms with Gasteiger partial charge in [-0.3, -0.25) is 9.35 Å². The second-order valence-corrected chi connectivity index (χ2v) is 7.36. The van der Waals surface area contributed by atoms with E-state index in [1.165, 1.54) is 0 Å². The lowest BCUT2D eigenvalue weighted by molar-refractivity contribution is -0.235. The van der Waals surface area contributed by atoms with Crippen molar-refractivity contribution in [3.8, 4) is 0 Å². The van der Waals surface area contributed by atoms with E-state index in [1.807, 2.05) is 0 Å². The topological polar surface area (TPSA) is 220 Å². The fourth-order valence-electron chi connectivity index (χ4n) is 2.28. The predicted molar refractivity (Wildman–Crippen MR) is 81.8 cm³/mol. The van der Waals surface area contributed by atoms with Crippen LogP contribution in [0.25, 0.3) is 0 Å². The number of carbonyl (C=O) groups excluding carboxylic acids is 1. The van der Waals surface area contributed by atoms with E-state index >= 15 is 0 Å². The summed E-state index contributed by atoms with van der Waals surface area (Å²) in [6, 6.07) is -1.24. The number of amides is 1. The summed E-state index contributed by atoms with van der Waals surface area (Å²) in [5.41, 5.74) is 5.55. The van der Waals surface area contributed by atoms with Gasteiger partial charge in [0.2, 0.25) is 5.91 Å². The molecule has 1 fully saturated rings. The van der Waals surface area contributed by atoms with Gasteiger partial charge in [-0.05, 0) is 6.42 Å². The molecule has 0 aromatic rings. The average Bonchev–Trinajstić information content (AvgIpc) is 2.53. The van der Waals surface area contributed by atoms with Gasteiger partial charge in [-0.2, -0.15) is 8.42 Å². The largest absolute Gasteiger partial charge is 0.387 e. The number of rotatable bonds is 8. The summed E-state index contributed by atoms with van der Waals surface area (Å²) in [5, 5.41) is 50.4. The second kappa shape index (κ2) is 9.16. The summed E-state index contributed by atoms with van der Waals surface area (Å²) in [5.74, 6) is -1.24. The van der Waals surface area contributed by atoms with Crippen LogP contribution in [0, 0.1) is 0 Å². The van der Waals surface area contributed by atoms with Crippen LogP contribution in [0.1, 0.15) is 6.42 Å². The molecular weight excluding hydrogens is 364 g/mol. The number of hydrogen-bond donors (Lipinski definition) is 8. The fourth-order valence-corrected chi connectivity index (χ4v) is 2.79. The smallest absolute Gasteiger partial charge is 0.264 e. The Labute approximate surface area is 144 Å². The van der Waals surface area contributed by atoms with Gasteiger partial charge in [0.1, 0.15) is 42.7 Å². The Morgan fingerprint density at radius 2 is 1.52 bits per heavy atom. The number of hydrogen-bond acceptors (Lipinski definition) is 10. The van der Waals surface area contributed by atoms with Gasteiger partial charge in [-0.25, -0.2) is 0 Å². The molecule has 2 unspecified atom stereocenters. The van der Waals surface area contributed by atoms with Crippen LogP contribution in [0.3, 0.4) is 0 Å². The molecule has 1 amide bonds. The molecule has 0 aliphatic heterocycles. The van der Waals surface area contributed by atoms with Gasteiger partial charge < -0.3 is 41.3 Å². The van der Waals surface area contributed by atoms with Gasteiger partial charge in [0.15, 0.2) is 0 Å². The zero-order valence-corrected chi connectivity index (χ0v) is 14.0. The zero-order chi connectivity index (χ0) is 19.4. The van der Waals surface area contributed by atoms with Crippen molar-refractivity contribution in [1.82, 2.24) is 5.32 Å². The Morgan fingerprint density at radius 3 is 2.00 bits per heavy atom. The standard InChI is InChI=1S/C12H24N2O10S/c13-5(12(20)14-2-1-3-25(21,22)23)4-24-11-9(18)7(16)6(15)8(17)10(11)19/h5-11,15-19H,1-4,13H2,(H,14,20)(H,21,22,23)/t5-,6?,7-,8+,9+,10-,11?/m0/s1. The highest BCUT2D eigenvalue weighted by atomic mass is 32.2. The van der Waals surface area contributed by atoms with Crippen molar-refractivity contribution >= 4 is 16.0 Å². The van der Waals surface area contributed by atoms with Crippen molar-refractivity contribution in [2.24, 2.45) is 5.73 Å². The zero-order valence-electron chi connectivity index (χ0n) is 13.2. The first-order valence-electron chi connectivity index (χ1n) is 7.46. The first-order chi connectivity index (χ1) is 11.5. The van der Waals surface area contributed by atoms with Crippen molar-refractivity contribution in [3.63, 3.8) is 0 Å². The van der Waals surface area contributed by atoms with Crippen molar-refractivity contribution in [1.29, 1.82) is 0 Å². The molecule has 25 heavy (non-hydrogen) atoms. The van der Waals surface area contributed by atoms with Crippen LogP contribution < -0.4 is 11.1 Å².